The van der Waals surface area contributed by atoms with E-state index < -0.39 is 0 Å². The van der Waals surface area contributed by atoms with Crippen LogP contribution >= 0.6 is 11.6 Å². The first-order valence-corrected chi connectivity index (χ1v) is 9.99. The van der Waals surface area contributed by atoms with Crippen LogP contribution in [0, 0.1) is 0 Å². The predicted molar refractivity (Wildman–Crippen MR) is 109 cm³/mol. The number of carbonyl (C=O) groups is 1. The van der Waals surface area contributed by atoms with E-state index >= 15 is 0 Å². The van der Waals surface area contributed by atoms with Gasteiger partial charge in [-0.3, -0.25) is 4.79 Å². The van der Waals surface area contributed by atoms with E-state index in [-0.39, 0.29) is 5.91 Å². The Bertz CT molecular complexity index is 802. The number of carbonyl (C=O) groups excluding carboxylic acids is 1. The molecule has 0 bridgehead atoms. The maximum Gasteiger partial charge on any atom is 0.227 e. The van der Waals surface area contributed by atoms with Gasteiger partial charge in [-0.1, -0.05) is 23.7 Å². The van der Waals surface area contributed by atoms with Crippen LogP contribution in [0.2, 0.25) is 5.02 Å². The fourth-order valence-corrected chi connectivity index (χ4v) is 3.69. The Kier molecular flexibility index (Phi) is 5.92. The summed E-state index contributed by atoms with van der Waals surface area (Å²) in [6.45, 7) is 6.13. The second-order valence-electron chi connectivity index (χ2n) is 7.04. The number of benzene rings is 1. The molecule has 4 rings (SSSR count). The number of amides is 1. The van der Waals surface area contributed by atoms with Gasteiger partial charge >= 0.3 is 0 Å². The average Bonchev–Trinajstić information content (AvgIpc) is 2.76. The molecule has 0 radical (unpaired) electrons. The third-order valence-corrected chi connectivity index (χ3v) is 5.48. The van der Waals surface area contributed by atoms with Crippen LogP contribution < -0.4 is 9.80 Å². The first-order valence-electron chi connectivity index (χ1n) is 9.61. The van der Waals surface area contributed by atoms with Gasteiger partial charge in [0.1, 0.15) is 0 Å². The fraction of sp³-hybridized carbons (Fsp3) is 0.450. The van der Waals surface area contributed by atoms with Crippen LogP contribution in [-0.4, -0.2) is 73.5 Å². The highest BCUT2D eigenvalue weighted by atomic mass is 35.5. The molecule has 2 aliphatic heterocycles. The SMILES string of the molecule is O=C(Cc1ccc(Cl)cc1)N1CCN(c2cnnc(N3CCOCC3)c2)CC1. The highest BCUT2D eigenvalue weighted by Crippen LogP contribution is 2.21. The molecule has 28 heavy (non-hydrogen) atoms. The van der Waals surface area contributed by atoms with Crippen LogP contribution in [0.4, 0.5) is 11.5 Å². The Morgan fingerprint density at radius 3 is 2.43 bits per heavy atom. The van der Waals surface area contributed by atoms with Crippen LogP contribution in [0.1, 0.15) is 5.56 Å². The standard InChI is InChI=1S/C20H24ClN5O2/c21-17-3-1-16(2-4-17)13-20(27)26-7-5-24(6-8-26)18-14-19(23-22-15-18)25-9-11-28-12-10-25/h1-4,14-15H,5-13H2. The summed E-state index contributed by atoms with van der Waals surface area (Å²) in [7, 11) is 0. The monoisotopic (exact) mass is 401 g/mol. The number of hydrogen-bond acceptors (Lipinski definition) is 6. The van der Waals surface area contributed by atoms with Crippen LogP contribution in [0.5, 0.6) is 0 Å². The smallest absolute Gasteiger partial charge is 0.227 e. The van der Waals surface area contributed by atoms with Crippen molar-refractivity contribution in [1.29, 1.82) is 0 Å². The number of piperazine rings is 1. The quantitative estimate of drug-likeness (QED) is 0.779. The third-order valence-electron chi connectivity index (χ3n) is 5.23. The van der Waals surface area contributed by atoms with Gasteiger partial charge in [-0.25, -0.2) is 0 Å². The Morgan fingerprint density at radius 1 is 1.00 bits per heavy atom. The molecule has 0 atom stereocenters. The number of halogens is 1. The minimum atomic E-state index is 0.156. The van der Waals surface area contributed by atoms with Gasteiger partial charge in [0.25, 0.3) is 0 Å². The summed E-state index contributed by atoms with van der Waals surface area (Å²) in [5.74, 6) is 1.05. The topological polar surface area (TPSA) is 61.8 Å². The maximum absolute atomic E-state index is 12.6. The summed E-state index contributed by atoms with van der Waals surface area (Å²) >= 11 is 5.91. The Hall–Kier alpha value is -2.38. The van der Waals surface area contributed by atoms with Gasteiger partial charge in [-0.05, 0) is 17.7 Å². The summed E-state index contributed by atoms with van der Waals surface area (Å²) in [6.07, 6.45) is 2.21. The van der Waals surface area contributed by atoms with Crippen molar-refractivity contribution < 1.29 is 9.53 Å². The molecule has 0 unspecified atom stereocenters. The van der Waals surface area contributed by atoms with Crippen molar-refractivity contribution in [3.8, 4) is 0 Å². The molecule has 0 N–H and O–H groups in total. The molecule has 2 aromatic rings. The molecule has 1 amide bonds. The molecule has 1 aromatic carbocycles. The first kappa shape index (κ1) is 19.0. The van der Waals surface area contributed by atoms with Crippen LogP contribution in [0.3, 0.4) is 0 Å². The van der Waals surface area contributed by atoms with E-state index in [1.54, 1.807) is 6.20 Å². The molecule has 2 fully saturated rings. The number of ether oxygens (including phenoxy) is 1. The molecule has 0 saturated carbocycles. The van der Waals surface area contributed by atoms with E-state index in [0.29, 0.717) is 24.5 Å². The number of nitrogens with zero attached hydrogens (tertiary/aromatic N) is 5. The van der Waals surface area contributed by atoms with Crippen molar-refractivity contribution in [2.45, 2.75) is 6.42 Å². The molecule has 2 aliphatic rings. The Labute approximate surface area is 169 Å². The lowest BCUT2D eigenvalue weighted by Gasteiger charge is -2.36. The third kappa shape index (κ3) is 4.54. The van der Waals surface area contributed by atoms with E-state index in [1.165, 1.54) is 0 Å². The van der Waals surface area contributed by atoms with Gasteiger partial charge in [0, 0.05) is 50.4 Å². The fourth-order valence-electron chi connectivity index (χ4n) is 3.57. The maximum atomic E-state index is 12.6. The van der Waals surface area contributed by atoms with Crippen molar-refractivity contribution in [2.24, 2.45) is 0 Å². The molecule has 2 saturated heterocycles. The van der Waals surface area contributed by atoms with Crippen LogP contribution in [0.15, 0.2) is 36.5 Å². The van der Waals surface area contributed by atoms with E-state index in [1.807, 2.05) is 29.2 Å². The first-order chi connectivity index (χ1) is 13.7. The molecular formula is C20H24ClN5O2. The van der Waals surface area contributed by atoms with Crippen molar-refractivity contribution >= 4 is 29.0 Å². The van der Waals surface area contributed by atoms with Gasteiger partial charge in [0.2, 0.25) is 5.91 Å². The summed E-state index contributed by atoms with van der Waals surface area (Å²) in [6, 6.07) is 9.55. The van der Waals surface area contributed by atoms with Crippen molar-refractivity contribution in [3.05, 3.63) is 47.1 Å². The minimum absolute atomic E-state index is 0.156. The Morgan fingerprint density at radius 2 is 1.71 bits per heavy atom. The van der Waals surface area contributed by atoms with Gasteiger partial charge in [0.05, 0.1) is 31.5 Å². The van der Waals surface area contributed by atoms with Crippen molar-refractivity contribution in [3.63, 3.8) is 0 Å². The zero-order valence-corrected chi connectivity index (χ0v) is 16.5. The largest absolute Gasteiger partial charge is 0.378 e. The predicted octanol–water partition coefficient (Wildman–Crippen LogP) is 1.86. The van der Waals surface area contributed by atoms with Crippen molar-refractivity contribution in [1.82, 2.24) is 15.1 Å². The number of anilines is 2. The van der Waals surface area contributed by atoms with Crippen LogP contribution in [0.25, 0.3) is 0 Å². The molecule has 1 aromatic heterocycles. The summed E-state index contributed by atoms with van der Waals surface area (Å²) in [4.78, 5) is 19.0. The highest BCUT2D eigenvalue weighted by molar-refractivity contribution is 6.30. The zero-order chi connectivity index (χ0) is 19.3. The second kappa shape index (κ2) is 8.75. The van der Waals surface area contributed by atoms with E-state index in [0.717, 1.165) is 56.5 Å². The van der Waals surface area contributed by atoms with Crippen molar-refractivity contribution in [2.75, 3.05) is 62.3 Å². The van der Waals surface area contributed by atoms with E-state index in [2.05, 4.69) is 26.1 Å². The van der Waals surface area contributed by atoms with Gasteiger partial charge in [-0.2, -0.15) is 5.10 Å². The van der Waals surface area contributed by atoms with Gasteiger partial charge in [0.15, 0.2) is 5.82 Å². The molecule has 8 heteroatoms. The van der Waals surface area contributed by atoms with E-state index in [4.69, 9.17) is 16.3 Å². The van der Waals surface area contributed by atoms with E-state index in [9.17, 15) is 4.79 Å². The normalized spacial score (nSPS) is 17.7. The second-order valence-corrected chi connectivity index (χ2v) is 7.48. The molecule has 3 heterocycles. The minimum Gasteiger partial charge on any atom is -0.378 e. The number of morpholine rings is 1. The lowest BCUT2D eigenvalue weighted by atomic mass is 10.1. The number of aromatic nitrogens is 2. The molecular weight excluding hydrogens is 378 g/mol. The van der Waals surface area contributed by atoms with Crippen LogP contribution in [-0.2, 0) is 16.0 Å². The summed E-state index contributed by atoms with van der Waals surface area (Å²) in [5.41, 5.74) is 2.05. The summed E-state index contributed by atoms with van der Waals surface area (Å²) in [5, 5.41) is 9.15. The lowest BCUT2D eigenvalue weighted by Crippen LogP contribution is -2.49. The molecule has 148 valence electrons. The zero-order valence-electron chi connectivity index (χ0n) is 15.8. The van der Waals surface area contributed by atoms with Gasteiger partial charge < -0.3 is 19.4 Å². The lowest BCUT2D eigenvalue weighted by molar-refractivity contribution is -0.130. The average molecular weight is 402 g/mol. The molecule has 0 spiro atoms. The number of rotatable bonds is 4. The number of hydrogen-bond donors (Lipinski definition) is 0. The Balaban J connectivity index is 1.33. The van der Waals surface area contributed by atoms with Gasteiger partial charge in [-0.15, -0.1) is 5.10 Å². The summed E-state index contributed by atoms with van der Waals surface area (Å²) < 4.78 is 5.41. The molecule has 0 aliphatic carbocycles. The highest BCUT2D eigenvalue weighted by Gasteiger charge is 2.22. The molecule has 7 nitrogen and oxygen atoms in total.